The van der Waals surface area contributed by atoms with Crippen molar-refractivity contribution in [2.24, 2.45) is 0 Å². The molecule has 26 heavy (non-hydrogen) atoms. The molecule has 0 aliphatic rings. The molecule has 1 amide bonds. The second kappa shape index (κ2) is 7.80. The zero-order chi connectivity index (χ0) is 18.7. The molecule has 3 rings (SSSR count). The van der Waals surface area contributed by atoms with Crippen LogP contribution in [0.3, 0.4) is 0 Å². The summed E-state index contributed by atoms with van der Waals surface area (Å²) >= 11 is 9.52. The molecule has 0 spiro atoms. The highest BCUT2D eigenvalue weighted by molar-refractivity contribution is 9.10. The number of nitrogens with one attached hydrogen (secondary N) is 1. The summed E-state index contributed by atoms with van der Waals surface area (Å²) in [5, 5.41) is 7.38. The lowest BCUT2D eigenvalue weighted by Gasteiger charge is -2.12. The van der Waals surface area contributed by atoms with Crippen molar-refractivity contribution in [3.8, 4) is 17.2 Å². The van der Waals surface area contributed by atoms with Gasteiger partial charge in [0.05, 0.1) is 42.4 Å². The first-order valence-corrected chi connectivity index (χ1v) is 8.72. The third-order valence-corrected chi connectivity index (χ3v) is 4.48. The molecule has 0 bridgehead atoms. The van der Waals surface area contributed by atoms with Crippen molar-refractivity contribution < 1.29 is 14.3 Å². The van der Waals surface area contributed by atoms with Gasteiger partial charge in [0.25, 0.3) is 5.91 Å². The molecule has 1 heterocycles. The Hall–Kier alpha value is -2.51. The van der Waals surface area contributed by atoms with E-state index in [1.54, 1.807) is 23.0 Å². The van der Waals surface area contributed by atoms with Gasteiger partial charge in [0.15, 0.2) is 0 Å². The van der Waals surface area contributed by atoms with Crippen LogP contribution in [0.2, 0.25) is 5.02 Å². The van der Waals surface area contributed by atoms with Gasteiger partial charge in [0, 0.05) is 16.7 Å². The van der Waals surface area contributed by atoms with Gasteiger partial charge in [-0.3, -0.25) is 4.79 Å². The average molecular weight is 437 g/mol. The number of carbonyl (C=O) groups excluding carboxylic acids is 1. The van der Waals surface area contributed by atoms with Crippen LogP contribution >= 0.6 is 27.5 Å². The third-order valence-electron chi connectivity index (χ3n) is 3.66. The van der Waals surface area contributed by atoms with Crippen LogP contribution in [0.5, 0.6) is 11.5 Å². The first-order chi connectivity index (χ1) is 12.5. The van der Waals surface area contributed by atoms with Crippen LogP contribution in [0.1, 0.15) is 10.4 Å². The van der Waals surface area contributed by atoms with E-state index in [4.69, 9.17) is 21.1 Å². The molecule has 3 aromatic rings. The summed E-state index contributed by atoms with van der Waals surface area (Å²) in [4.78, 5) is 12.5. The van der Waals surface area contributed by atoms with Gasteiger partial charge in [0.2, 0.25) is 0 Å². The highest BCUT2D eigenvalue weighted by Crippen LogP contribution is 2.36. The monoisotopic (exact) mass is 435 g/mol. The number of methoxy groups -OCH3 is 2. The molecule has 0 radical (unpaired) electrons. The topological polar surface area (TPSA) is 65.4 Å². The molecular weight excluding hydrogens is 422 g/mol. The number of halogens is 2. The minimum absolute atomic E-state index is 0.326. The van der Waals surface area contributed by atoms with Gasteiger partial charge in [0.1, 0.15) is 11.5 Å². The Morgan fingerprint density at radius 1 is 1.15 bits per heavy atom. The van der Waals surface area contributed by atoms with Crippen LogP contribution in [0.4, 0.5) is 5.69 Å². The van der Waals surface area contributed by atoms with E-state index in [1.807, 2.05) is 24.3 Å². The lowest BCUT2D eigenvalue weighted by atomic mass is 10.2. The van der Waals surface area contributed by atoms with Gasteiger partial charge in [-0.25, -0.2) is 4.68 Å². The minimum Gasteiger partial charge on any atom is -0.495 e. The van der Waals surface area contributed by atoms with Gasteiger partial charge < -0.3 is 14.8 Å². The summed E-state index contributed by atoms with van der Waals surface area (Å²) in [5.41, 5.74) is 1.69. The minimum atomic E-state index is -0.326. The quantitative estimate of drug-likeness (QED) is 0.637. The van der Waals surface area contributed by atoms with Crippen LogP contribution in [-0.4, -0.2) is 29.9 Å². The normalized spacial score (nSPS) is 10.5. The molecule has 0 unspecified atom stereocenters. The Morgan fingerprint density at radius 3 is 2.50 bits per heavy atom. The number of hydrogen-bond donors (Lipinski definition) is 1. The molecule has 134 valence electrons. The second-order valence-corrected chi connectivity index (χ2v) is 6.61. The van der Waals surface area contributed by atoms with Crippen molar-refractivity contribution in [1.29, 1.82) is 0 Å². The van der Waals surface area contributed by atoms with E-state index in [2.05, 4.69) is 26.3 Å². The molecular formula is C18H15BrClN3O3. The number of rotatable bonds is 5. The Kier molecular flexibility index (Phi) is 5.49. The van der Waals surface area contributed by atoms with E-state index < -0.39 is 0 Å². The summed E-state index contributed by atoms with van der Waals surface area (Å²) < 4.78 is 13.0. The highest BCUT2D eigenvalue weighted by Gasteiger charge is 2.15. The number of anilines is 1. The molecule has 0 saturated heterocycles. The van der Waals surface area contributed by atoms with Crippen LogP contribution in [-0.2, 0) is 0 Å². The molecule has 1 aromatic heterocycles. The molecule has 0 saturated carbocycles. The van der Waals surface area contributed by atoms with Gasteiger partial charge in [-0.1, -0.05) is 27.5 Å². The number of aromatic nitrogens is 2. The maximum atomic E-state index is 12.5. The van der Waals surface area contributed by atoms with Gasteiger partial charge >= 0.3 is 0 Å². The summed E-state index contributed by atoms with van der Waals surface area (Å²) in [6.07, 6.45) is 3.14. The fourth-order valence-corrected chi connectivity index (χ4v) is 2.83. The zero-order valence-corrected chi connectivity index (χ0v) is 16.3. The summed E-state index contributed by atoms with van der Waals surface area (Å²) in [6.45, 7) is 0. The number of nitrogens with zero attached hydrogens (tertiary/aromatic N) is 2. The smallest absolute Gasteiger partial charge is 0.258 e. The molecule has 0 aliphatic carbocycles. The predicted molar refractivity (Wildman–Crippen MR) is 104 cm³/mol. The second-order valence-electron chi connectivity index (χ2n) is 5.29. The lowest BCUT2D eigenvalue weighted by Crippen LogP contribution is -2.12. The number of amides is 1. The highest BCUT2D eigenvalue weighted by atomic mass is 79.9. The fourth-order valence-electron chi connectivity index (χ4n) is 2.33. The Labute approximate surface area is 163 Å². The van der Waals surface area contributed by atoms with E-state index in [9.17, 15) is 4.79 Å². The number of hydrogen-bond acceptors (Lipinski definition) is 4. The van der Waals surface area contributed by atoms with E-state index >= 15 is 0 Å². The molecule has 0 aliphatic heterocycles. The molecule has 2 aromatic carbocycles. The van der Waals surface area contributed by atoms with Crippen molar-refractivity contribution >= 4 is 39.1 Å². The van der Waals surface area contributed by atoms with Crippen molar-refractivity contribution in [2.75, 3.05) is 19.5 Å². The van der Waals surface area contributed by atoms with Gasteiger partial charge in [-0.2, -0.15) is 5.10 Å². The van der Waals surface area contributed by atoms with Crippen LogP contribution in [0, 0.1) is 0 Å². The Bertz CT molecular complexity index is 941. The summed E-state index contributed by atoms with van der Waals surface area (Å²) in [5.74, 6) is 0.581. The standard InChI is InChI=1S/C18H15BrClN3O3/c1-25-16-8-17(26-2)15(7-14(16)20)22-18(24)11-9-21-23(10-11)13-5-3-12(19)4-6-13/h3-10H,1-2H3,(H,22,24). The van der Waals surface area contributed by atoms with Gasteiger partial charge in [-0.05, 0) is 30.3 Å². The van der Waals surface area contributed by atoms with Crippen LogP contribution < -0.4 is 14.8 Å². The number of ether oxygens (including phenoxy) is 2. The SMILES string of the molecule is COc1cc(OC)c(NC(=O)c2cnn(-c3ccc(Br)cc3)c2)cc1Cl. The summed E-state index contributed by atoms with van der Waals surface area (Å²) in [6, 6.07) is 10.8. The first kappa shape index (κ1) is 18.3. The largest absolute Gasteiger partial charge is 0.495 e. The third kappa shape index (κ3) is 3.84. The average Bonchev–Trinajstić information content (AvgIpc) is 3.13. The Morgan fingerprint density at radius 2 is 1.85 bits per heavy atom. The number of carbonyl (C=O) groups is 1. The molecule has 1 N–H and O–H groups in total. The first-order valence-electron chi connectivity index (χ1n) is 7.55. The molecule has 0 fully saturated rings. The molecule has 8 heteroatoms. The van der Waals surface area contributed by atoms with Crippen molar-refractivity contribution in [3.63, 3.8) is 0 Å². The maximum absolute atomic E-state index is 12.5. The van der Waals surface area contributed by atoms with Crippen LogP contribution in [0.15, 0.2) is 53.3 Å². The van der Waals surface area contributed by atoms with Crippen molar-refractivity contribution in [2.45, 2.75) is 0 Å². The Balaban J connectivity index is 1.83. The van der Waals surface area contributed by atoms with E-state index in [0.29, 0.717) is 27.8 Å². The lowest BCUT2D eigenvalue weighted by molar-refractivity contribution is 0.102. The van der Waals surface area contributed by atoms with E-state index in [-0.39, 0.29) is 5.91 Å². The summed E-state index contributed by atoms with van der Waals surface area (Å²) in [7, 11) is 3.01. The van der Waals surface area contributed by atoms with Crippen molar-refractivity contribution in [1.82, 2.24) is 9.78 Å². The van der Waals surface area contributed by atoms with E-state index in [1.165, 1.54) is 20.4 Å². The zero-order valence-electron chi connectivity index (χ0n) is 14.0. The molecule has 6 nitrogen and oxygen atoms in total. The van der Waals surface area contributed by atoms with Gasteiger partial charge in [-0.15, -0.1) is 0 Å². The maximum Gasteiger partial charge on any atom is 0.258 e. The van der Waals surface area contributed by atoms with Crippen LogP contribution in [0.25, 0.3) is 5.69 Å². The molecule has 0 atom stereocenters. The predicted octanol–water partition coefficient (Wildman–Crippen LogP) is 4.56. The fraction of sp³-hybridized carbons (Fsp3) is 0.111. The van der Waals surface area contributed by atoms with Crippen molar-refractivity contribution in [3.05, 3.63) is 63.9 Å². The van der Waals surface area contributed by atoms with E-state index in [0.717, 1.165) is 10.2 Å². The number of benzene rings is 2.